The van der Waals surface area contributed by atoms with E-state index < -0.39 is 46.2 Å². The Kier molecular flexibility index (Phi) is 4.73. The Morgan fingerprint density at radius 2 is 0.867 bits per heavy atom. The van der Waals surface area contributed by atoms with Gasteiger partial charge in [0.2, 0.25) is 11.6 Å². The molecule has 8 nitrogen and oxygen atoms in total. The van der Waals surface area contributed by atoms with E-state index in [9.17, 15) is 39.6 Å². The molecule has 4 N–H and O–H groups in total. The summed E-state index contributed by atoms with van der Waals surface area (Å²) in [4.78, 5) is 50.4. The molecule has 2 aliphatic carbocycles. The number of rotatable bonds is 1. The molecule has 2 aromatic carbocycles. The van der Waals surface area contributed by atoms with E-state index >= 15 is 0 Å². The molecule has 150 valence electrons. The first-order valence-electron chi connectivity index (χ1n) is 8.15. The SMILES string of the molecule is O=C1C(O)=CC(=O)c2c1c(I)cc(O)c2-c1c(O)cc(I)c2c1C(=O)C=C(O)C2=O. The fraction of sp³-hybridized carbons (Fsp3) is 0. The average Bonchev–Trinajstić information content (AvgIpc) is 2.64. The zero-order valence-electron chi connectivity index (χ0n) is 14.5. The predicted molar refractivity (Wildman–Crippen MR) is 119 cm³/mol. The second-order valence-electron chi connectivity index (χ2n) is 6.45. The second kappa shape index (κ2) is 6.91. The fourth-order valence-corrected chi connectivity index (χ4v) is 5.12. The van der Waals surface area contributed by atoms with Crippen LogP contribution in [0, 0.1) is 7.14 Å². The summed E-state index contributed by atoms with van der Waals surface area (Å²) < 4.78 is 0.335. The van der Waals surface area contributed by atoms with Crippen LogP contribution in [0.4, 0.5) is 0 Å². The van der Waals surface area contributed by atoms with Crippen molar-refractivity contribution in [1.82, 2.24) is 0 Å². The molecule has 0 heterocycles. The number of benzene rings is 2. The number of allylic oxidation sites excluding steroid dienone is 4. The smallest absolute Gasteiger partial charge is 0.229 e. The Labute approximate surface area is 194 Å². The quantitative estimate of drug-likeness (QED) is 0.350. The molecule has 0 saturated carbocycles. The van der Waals surface area contributed by atoms with Gasteiger partial charge >= 0.3 is 0 Å². The van der Waals surface area contributed by atoms with Gasteiger partial charge in [0.15, 0.2) is 23.1 Å². The van der Waals surface area contributed by atoms with E-state index in [4.69, 9.17) is 0 Å². The molecule has 2 aliphatic rings. The number of aliphatic hydroxyl groups excluding tert-OH is 2. The van der Waals surface area contributed by atoms with Crippen LogP contribution >= 0.6 is 45.2 Å². The molecule has 0 aliphatic heterocycles. The summed E-state index contributed by atoms with van der Waals surface area (Å²) in [6, 6.07) is 2.29. The normalized spacial score (nSPS) is 15.5. The number of phenolic OH excluding ortho intramolecular Hbond substituents is 2. The number of hydrogen-bond acceptors (Lipinski definition) is 8. The number of carbonyl (C=O) groups is 4. The standard InChI is InChI=1S/C20H8I2O8/c21-5-1-7(23)17(15-9(25)3-11(27)19(29)13(5)15)18-8(24)2-6(22)14-16(18)10(26)4-12(28)20(14)30/h1-4,23-24,27-28H. The van der Waals surface area contributed by atoms with Crippen LogP contribution in [-0.2, 0) is 0 Å². The van der Waals surface area contributed by atoms with Crippen molar-refractivity contribution < 1.29 is 39.6 Å². The maximum Gasteiger partial charge on any atom is 0.229 e. The van der Waals surface area contributed by atoms with Gasteiger partial charge in [-0.1, -0.05) is 0 Å². The minimum atomic E-state index is -0.867. The molecule has 30 heavy (non-hydrogen) atoms. The third kappa shape index (κ3) is 2.77. The lowest BCUT2D eigenvalue weighted by Crippen LogP contribution is -2.22. The highest BCUT2D eigenvalue weighted by molar-refractivity contribution is 14.1. The summed E-state index contributed by atoms with van der Waals surface area (Å²) >= 11 is 3.42. The van der Waals surface area contributed by atoms with Crippen LogP contribution in [0.25, 0.3) is 11.1 Å². The number of carbonyl (C=O) groups excluding carboxylic acids is 4. The summed E-state index contributed by atoms with van der Waals surface area (Å²) in [6.07, 6.45) is 1.36. The lowest BCUT2D eigenvalue weighted by atomic mass is 9.81. The van der Waals surface area contributed by atoms with E-state index in [1.54, 1.807) is 45.2 Å². The Balaban J connectivity index is 2.20. The van der Waals surface area contributed by atoms with Gasteiger partial charge in [0.25, 0.3) is 0 Å². The fourth-order valence-electron chi connectivity index (χ4n) is 3.50. The molecular weight excluding hydrogens is 622 g/mol. The van der Waals surface area contributed by atoms with Crippen molar-refractivity contribution in [3.8, 4) is 22.6 Å². The third-order valence-electron chi connectivity index (χ3n) is 4.71. The average molecular weight is 630 g/mol. The van der Waals surface area contributed by atoms with Crippen molar-refractivity contribution in [3.63, 3.8) is 0 Å². The summed E-state index contributed by atoms with van der Waals surface area (Å²) in [6.45, 7) is 0. The molecule has 4 rings (SSSR count). The number of halogens is 2. The molecule has 0 saturated heterocycles. The van der Waals surface area contributed by atoms with Crippen LogP contribution in [0.2, 0.25) is 0 Å². The third-order valence-corrected chi connectivity index (χ3v) is 6.42. The maximum absolute atomic E-state index is 12.7. The molecular formula is C20H8I2O8. The molecule has 0 amide bonds. The van der Waals surface area contributed by atoms with Crippen LogP contribution < -0.4 is 0 Å². The van der Waals surface area contributed by atoms with Crippen LogP contribution in [0.15, 0.2) is 35.8 Å². The first-order valence-corrected chi connectivity index (χ1v) is 10.3. The van der Waals surface area contributed by atoms with Gasteiger partial charge in [-0.25, -0.2) is 0 Å². The number of ketones is 4. The number of aromatic hydroxyl groups is 2. The van der Waals surface area contributed by atoms with Crippen LogP contribution in [-0.4, -0.2) is 43.6 Å². The van der Waals surface area contributed by atoms with Crippen LogP contribution in [0.3, 0.4) is 0 Å². The Morgan fingerprint density at radius 1 is 0.533 bits per heavy atom. The lowest BCUT2D eigenvalue weighted by molar-refractivity contribution is 0.0937. The summed E-state index contributed by atoms with van der Waals surface area (Å²) in [5, 5.41) is 40.8. The zero-order valence-corrected chi connectivity index (χ0v) is 18.8. The molecule has 0 spiro atoms. The zero-order chi connectivity index (χ0) is 22.1. The number of aliphatic hydroxyl groups is 2. The Morgan fingerprint density at radius 3 is 1.20 bits per heavy atom. The van der Waals surface area contributed by atoms with Gasteiger partial charge in [0.05, 0.1) is 11.1 Å². The molecule has 0 unspecified atom stereocenters. The largest absolute Gasteiger partial charge is 0.507 e. The Hall–Kier alpha value is -2.74. The van der Waals surface area contributed by atoms with Gasteiger partial charge in [-0.2, -0.15) is 0 Å². The molecule has 0 fully saturated rings. The first kappa shape index (κ1) is 20.5. The molecule has 0 atom stereocenters. The topological polar surface area (TPSA) is 149 Å². The summed E-state index contributed by atoms with van der Waals surface area (Å²) in [5.74, 6) is -6.00. The van der Waals surface area contributed by atoms with E-state index in [2.05, 4.69) is 0 Å². The van der Waals surface area contributed by atoms with Gasteiger partial charge in [0.1, 0.15) is 11.5 Å². The van der Waals surface area contributed by atoms with Gasteiger partial charge in [-0.3, -0.25) is 19.2 Å². The molecule has 0 bridgehead atoms. The summed E-state index contributed by atoms with van der Waals surface area (Å²) in [5.41, 5.74) is -1.69. The second-order valence-corrected chi connectivity index (χ2v) is 8.78. The highest BCUT2D eigenvalue weighted by atomic mass is 127. The number of phenols is 2. The van der Waals surface area contributed by atoms with Gasteiger partial charge in [-0.05, 0) is 57.3 Å². The van der Waals surface area contributed by atoms with Crippen molar-refractivity contribution in [2.75, 3.05) is 0 Å². The lowest BCUT2D eigenvalue weighted by Gasteiger charge is -2.23. The van der Waals surface area contributed by atoms with Crippen molar-refractivity contribution in [3.05, 3.63) is 65.2 Å². The van der Waals surface area contributed by atoms with Crippen LogP contribution in [0.1, 0.15) is 41.4 Å². The van der Waals surface area contributed by atoms with E-state index in [-0.39, 0.29) is 40.5 Å². The molecule has 0 radical (unpaired) electrons. The highest BCUT2D eigenvalue weighted by Crippen LogP contribution is 2.47. The number of fused-ring (bicyclic) bond motifs is 2. The van der Waals surface area contributed by atoms with E-state index in [0.29, 0.717) is 12.2 Å². The predicted octanol–water partition coefficient (Wildman–Crippen LogP) is 3.62. The minimum absolute atomic E-state index is 0.167. The van der Waals surface area contributed by atoms with Crippen molar-refractivity contribution in [2.45, 2.75) is 0 Å². The summed E-state index contributed by atoms with van der Waals surface area (Å²) in [7, 11) is 0. The molecule has 10 heteroatoms. The molecule has 2 aromatic rings. The van der Waals surface area contributed by atoms with E-state index in [1.165, 1.54) is 0 Å². The first-order chi connectivity index (χ1) is 14.0. The highest BCUT2D eigenvalue weighted by Gasteiger charge is 2.38. The van der Waals surface area contributed by atoms with Crippen LogP contribution in [0.5, 0.6) is 11.5 Å². The van der Waals surface area contributed by atoms with Gasteiger partial charge in [0, 0.05) is 41.5 Å². The van der Waals surface area contributed by atoms with Gasteiger partial charge < -0.3 is 20.4 Å². The van der Waals surface area contributed by atoms with E-state index in [1.807, 2.05) is 0 Å². The monoisotopic (exact) mass is 630 g/mol. The van der Waals surface area contributed by atoms with Gasteiger partial charge in [-0.15, -0.1) is 0 Å². The van der Waals surface area contributed by atoms with Crippen molar-refractivity contribution in [2.24, 2.45) is 0 Å². The number of Topliss-reactive ketones (excluding diaryl/α,β-unsaturated/α-hetero) is 2. The van der Waals surface area contributed by atoms with Crippen molar-refractivity contribution in [1.29, 1.82) is 0 Å². The minimum Gasteiger partial charge on any atom is -0.507 e. The maximum atomic E-state index is 12.7. The van der Waals surface area contributed by atoms with Crippen molar-refractivity contribution >= 4 is 68.3 Å². The molecule has 0 aromatic heterocycles. The number of hydrogen-bond donors (Lipinski definition) is 4. The van der Waals surface area contributed by atoms with E-state index in [0.717, 1.165) is 12.1 Å². The Bertz CT molecular complexity index is 1220.